The van der Waals surface area contributed by atoms with Crippen molar-refractivity contribution in [2.24, 2.45) is 5.92 Å². The Morgan fingerprint density at radius 2 is 1.57 bits per heavy atom. The van der Waals surface area contributed by atoms with Crippen LogP contribution in [0.2, 0.25) is 0 Å². The van der Waals surface area contributed by atoms with Crippen LogP contribution in [0.4, 0.5) is 0 Å². The van der Waals surface area contributed by atoms with E-state index in [1.54, 1.807) is 38.1 Å². The van der Waals surface area contributed by atoms with Crippen LogP contribution in [0.1, 0.15) is 49.9 Å². The minimum absolute atomic E-state index is 0.169. The Labute approximate surface area is 125 Å². The van der Waals surface area contributed by atoms with Gasteiger partial charge in [-0.25, -0.2) is 4.79 Å². The van der Waals surface area contributed by atoms with E-state index < -0.39 is 0 Å². The molecule has 0 aliphatic heterocycles. The van der Waals surface area contributed by atoms with Crippen molar-refractivity contribution < 1.29 is 19.1 Å². The Hall–Kier alpha value is -1.84. The Balaban J connectivity index is 1.99. The van der Waals surface area contributed by atoms with Gasteiger partial charge in [0.05, 0.1) is 11.5 Å². The molecule has 0 radical (unpaired) electrons. The molecule has 1 aromatic carbocycles. The molecule has 0 heterocycles. The molecule has 4 nitrogen and oxygen atoms in total. The van der Waals surface area contributed by atoms with Crippen LogP contribution in [0, 0.1) is 5.92 Å². The molecule has 0 aromatic heterocycles. The number of rotatable bonds is 4. The molecule has 0 bridgehead atoms. The van der Waals surface area contributed by atoms with Gasteiger partial charge in [-0.15, -0.1) is 0 Å². The second-order valence-electron chi connectivity index (χ2n) is 5.72. The lowest BCUT2D eigenvalue weighted by Gasteiger charge is -2.31. The monoisotopic (exact) mass is 290 g/mol. The summed E-state index contributed by atoms with van der Waals surface area (Å²) in [6.07, 6.45) is 2.83. The number of benzene rings is 1. The van der Waals surface area contributed by atoms with Gasteiger partial charge >= 0.3 is 11.9 Å². The van der Waals surface area contributed by atoms with Crippen LogP contribution in [0.15, 0.2) is 30.3 Å². The maximum Gasteiger partial charge on any atom is 0.338 e. The number of hydrogen-bond donors (Lipinski definition) is 0. The number of esters is 2. The highest BCUT2D eigenvalue weighted by Gasteiger charge is 2.32. The van der Waals surface area contributed by atoms with Gasteiger partial charge in [-0.2, -0.15) is 0 Å². The first-order valence-corrected chi connectivity index (χ1v) is 7.54. The lowest BCUT2D eigenvalue weighted by atomic mass is 9.94. The van der Waals surface area contributed by atoms with Crippen LogP contribution in [0.25, 0.3) is 0 Å². The minimum atomic E-state index is -0.354. The molecular weight excluding hydrogens is 268 g/mol. The third kappa shape index (κ3) is 4.31. The maximum atomic E-state index is 12.1. The number of carbonyl (C=O) groups is 2. The summed E-state index contributed by atoms with van der Waals surface area (Å²) in [4.78, 5) is 23.9. The van der Waals surface area contributed by atoms with Gasteiger partial charge in [0.25, 0.3) is 0 Å². The highest BCUT2D eigenvalue weighted by atomic mass is 16.6. The fourth-order valence-electron chi connectivity index (χ4n) is 2.40. The first-order valence-electron chi connectivity index (χ1n) is 7.54. The zero-order valence-corrected chi connectivity index (χ0v) is 12.6. The topological polar surface area (TPSA) is 52.6 Å². The molecular formula is C17H22O4. The summed E-state index contributed by atoms with van der Waals surface area (Å²) in [6.45, 7) is 3.60. The quantitative estimate of drug-likeness (QED) is 0.798. The van der Waals surface area contributed by atoms with E-state index in [2.05, 4.69) is 0 Å². The van der Waals surface area contributed by atoms with Gasteiger partial charge in [0.2, 0.25) is 0 Å². The van der Waals surface area contributed by atoms with Crippen LogP contribution >= 0.6 is 0 Å². The molecule has 114 valence electrons. The molecule has 0 spiro atoms. The van der Waals surface area contributed by atoms with E-state index in [0.717, 1.165) is 25.7 Å². The van der Waals surface area contributed by atoms with Crippen LogP contribution in [0.3, 0.4) is 0 Å². The van der Waals surface area contributed by atoms with E-state index in [9.17, 15) is 9.59 Å². The molecule has 1 fully saturated rings. The van der Waals surface area contributed by atoms with Crippen molar-refractivity contribution in [3.05, 3.63) is 35.9 Å². The summed E-state index contributed by atoms with van der Waals surface area (Å²) in [7, 11) is 0. The number of carbonyl (C=O) groups excluding carboxylic acids is 2. The van der Waals surface area contributed by atoms with Crippen molar-refractivity contribution in [1.82, 2.24) is 0 Å². The summed E-state index contributed by atoms with van der Waals surface area (Å²) in [5.41, 5.74) is 0.525. The number of hydrogen-bond acceptors (Lipinski definition) is 4. The summed E-state index contributed by atoms with van der Waals surface area (Å²) in [6, 6.07) is 8.90. The van der Waals surface area contributed by atoms with Gasteiger partial charge in [-0.3, -0.25) is 4.79 Å². The summed E-state index contributed by atoms with van der Waals surface area (Å²) < 4.78 is 11.0. The second-order valence-corrected chi connectivity index (χ2v) is 5.72. The molecule has 1 aliphatic carbocycles. The molecule has 1 aromatic rings. The van der Waals surface area contributed by atoms with E-state index in [1.165, 1.54) is 0 Å². The molecule has 2 atom stereocenters. The lowest BCUT2D eigenvalue weighted by molar-refractivity contribution is -0.161. The summed E-state index contributed by atoms with van der Waals surface area (Å²) >= 11 is 0. The van der Waals surface area contributed by atoms with Gasteiger partial charge < -0.3 is 9.47 Å². The Kier molecular flexibility index (Phi) is 5.37. The van der Waals surface area contributed by atoms with Crippen LogP contribution in [-0.2, 0) is 14.3 Å². The predicted molar refractivity (Wildman–Crippen MR) is 78.8 cm³/mol. The third-order valence-corrected chi connectivity index (χ3v) is 3.65. The van der Waals surface area contributed by atoms with E-state index in [4.69, 9.17) is 9.47 Å². The summed E-state index contributed by atoms with van der Waals surface area (Å²) in [5.74, 6) is -0.756. The fraction of sp³-hybridized carbons (Fsp3) is 0.529. The van der Waals surface area contributed by atoms with Crippen LogP contribution in [0.5, 0.6) is 0 Å². The second kappa shape index (κ2) is 7.25. The van der Waals surface area contributed by atoms with Gasteiger partial charge in [0, 0.05) is 0 Å². The Morgan fingerprint density at radius 1 is 1.00 bits per heavy atom. The Morgan fingerprint density at radius 3 is 2.14 bits per heavy atom. The van der Waals surface area contributed by atoms with Crippen molar-refractivity contribution in [2.45, 2.75) is 51.7 Å². The highest BCUT2D eigenvalue weighted by molar-refractivity contribution is 5.89. The van der Waals surface area contributed by atoms with Gasteiger partial charge in [-0.1, -0.05) is 32.0 Å². The van der Waals surface area contributed by atoms with Gasteiger partial charge in [0.1, 0.15) is 12.2 Å². The SMILES string of the molecule is CC(C)C(=O)O[C@H]1CCCC[C@H]1OC(=O)c1ccccc1. The van der Waals surface area contributed by atoms with Crippen molar-refractivity contribution >= 4 is 11.9 Å². The van der Waals surface area contributed by atoms with E-state index in [-0.39, 0.29) is 30.1 Å². The van der Waals surface area contributed by atoms with Crippen molar-refractivity contribution in [3.63, 3.8) is 0 Å². The molecule has 4 heteroatoms. The van der Waals surface area contributed by atoms with E-state index in [1.807, 2.05) is 6.07 Å². The first kappa shape index (κ1) is 15.5. The van der Waals surface area contributed by atoms with Crippen molar-refractivity contribution in [2.75, 3.05) is 0 Å². The molecule has 0 saturated heterocycles. The Bertz CT molecular complexity index is 481. The van der Waals surface area contributed by atoms with Gasteiger partial charge in [0.15, 0.2) is 0 Å². The zero-order chi connectivity index (χ0) is 15.2. The lowest BCUT2D eigenvalue weighted by Crippen LogP contribution is -2.38. The molecule has 0 unspecified atom stereocenters. The smallest absolute Gasteiger partial charge is 0.338 e. The van der Waals surface area contributed by atoms with Crippen molar-refractivity contribution in [3.8, 4) is 0 Å². The van der Waals surface area contributed by atoms with E-state index >= 15 is 0 Å². The fourth-order valence-corrected chi connectivity index (χ4v) is 2.40. The molecule has 0 N–H and O–H groups in total. The van der Waals surface area contributed by atoms with Crippen molar-refractivity contribution in [1.29, 1.82) is 0 Å². The first-order chi connectivity index (χ1) is 10.1. The summed E-state index contributed by atoms with van der Waals surface area (Å²) in [5, 5.41) is 0. The maximum absolute atomic E-state index is 12.1. The normalized spacial score (nSPS) is 21.9. The molecule has 0 amide bonds. The highest BCUT2D eigenvalue weighted by Crippen LogP contribution is 2.25. The van der Waals surface area contributed by atoms with Gasteiger partial charge in [-0.05, 0) is 37.8 Å². The zero-order valence-electron chi connectivity index (χ0n) is 12.6. The molecule has 1 aliphatic rings. The minimum Gasteiger partial charge on any atom is -0.458 e. The van der Waals surface area contributed by atoms with E-state index in [0.29, 0.717) is 5.56 Å². The molecule has 2 rings (SSSR count). The molecule has 1 saturated carbocycles. The average Bonchev–Trinajstić information content (AvgIpc) is 2.50. The predicted octanol–water partition coefficient (Wildman–Crippen LogP) is 3.35. The van der Waals surface area contributed by atoms with Crippen LogP contribution < -0.4 is 0 Å². The van der Waals surface area contributed by atoms with Crippen LogP contribution in [-0.4, -0.2) is 24.1 Å². The third-order valence-electron chi connectivity index (χ3n) is 3.65. The average molecular weight is 290 g/mol. The largest absolute Gasteiger partial charge is 0.458 e. The molecule has 21 heavy (non-hydrogen) atoms. The number of ether oxygens (including phenoxy) is 2. The standard InChI is InChI=1S/C17H22O4/c1-12(2)16(18)20-14-10-6-7-11-15(14)21-17(19)13-8-4-3-5-9-13/h3-5,8-9,12,14-15H,6-7,10-11H2,1-2H3/t14-,15+/m0/s1.